The van der Waals surface area contributed by atoms with E-state index in [1.54, 1.807) is 24.3 Å². The third-order valence-electron chi connectivity index (χ3n) is 3.24. The van der Waals surface area contributed by atoms with Crippen LogP contribution in [0.4, 0.5) is 0 Å². The molecule has 0 spiro atoms. The highest BCUT2D eigenvalue weighted by atomic mass is 16.3. The highest BCUT2D eigenvalue weighted by Gasteiger charge is 2.10. The molecule has 2 aromatic carbocycles. The van der Waals surface area contributed by atoms with Crippen LogP contribution in [0, 0.1) is 0 Å². The summed E-state index contributed by atoms with van der Waals surface area (Å²) in [5.41, 5.74) is 3.28. The topological polar surface area (TPSA) is 40.5 Å². The van der Waals surface area contributed by atoms with E-state index in [0.717, 1.165) is 22.3 Å². The van der Waals surface area contributed by atoms with Gasteiger partial charge in [0.05, 0.1) is 0 Å². The van der Waals surface area contributed by atoms with Crippen LogP contribution in [0.3, 0.4) is 0 Å². The summed E-state index contributed by atoms with van der Waals surface area (Å²) in [5.74, 6) is 0.512. The van der Waals surface area contributed by atoms with E-state index in [9.17, 15) is 10.2 Å². The molecule has 2 heteroatoms. The Kier molecular flexibility index (Phi) is 5.79. The maximum atomic E-state index is 10.3. The Hall–Kier alpha value is -2.48. The van der Waals surface area contributed by atoms with Crippen LogP contribution in [0.5, 0.6) is 11.5 Å². The van der Waals surface area contributed by atoms with E-state index in [0.29, 0.717) is 12.8 Å². The lowest BCUT2D eigenvalue weighted by Crippen LogP contribution is -1.89. The molecule has 0 fully saturated rings. The van der Waals surface area contributed by atoms with Crippen LogP contribution < -0.4 is 0 Å². The molecule has 0 unspecified atom stereocenters. The summed E-state index contributed by atoms with van der Waals surface area (Å²) in [4.78, 5) is 0. The molecule has 21 heavy (non-hydrogen) atoms. The predicted molar refractivity (Wildman–Crippen MR) is 89.7 cm³/mol. The van der Waals surface area contributed by atoms with E-state index in [4.69, 9.17) is 0 Å². The van der Waals surface area contributed by atoms with Gasteiger partial charge < -0.3 is 10.2 Å². The third kappa shape index (κ3) is 3.54. The van der Waals surface area contributed by atoms with Crippen LogP contribution in [0.2, 0.25) is 0 Å². The van der Waals surface area contributed by atoms with Crippen molar-refractivity contribution in [2.75, 3.05) is 0 Å². The summed E-state index contributed by atoms with van der Waals surface area (Å²) in [6, 6.07) is 11.0. The van der Waals surface area contributed by atoms with Gasteiger partial charge in [0.15, 0.2) is 0 Å². The highest BCUT2D eigenvalue weighted by molar-refractivity contribution is 5.73. The first-order valence-electron chi connectivity index (χ1n) is 6.52. The molecule has 2 N–H and O–H groups in total. The minimum atomic E-state index is 0. The van der Waals surface area contributed by atoms with E-state index < -0.39 is 0 Å². The Labute approximate surface area is 126 Å². The Morgan fingerprint density at radius 1 is 0.905 bits per heavy atom. The molecule has 0 atom stereocenters. The van der Waals surface area contributed by atoms with Crippen LogP contribution in [-0.2, 0) is 12.8 Å². The monoisotopic (exact) mass is 282 g/mol. The van der Waals surface area contributed by atoms with Gasteiger partial charge in [-0.2, -0.15) is 0 Å². The summed E-state index contributed by atoms with van der Waals surface area (Å²) in [7, 11) is 0. The molecule has 0 saturated heterocycles. The Balaban J connectivity index is 0.00000220. The van der Waals surface area contributed by atoms with Crippen LogP contribution >= 0.6 is 0 Å². The van der Waals surface area contributed by atoms with Gasteiger partial charge in [-0.3, -0.25) is 0 Å². The second-order valence-corrected chi connectivity index (χ2v) is 4.64. The van der Waals surface area contributed by atoms with Gasteiger partial charge in [0.2, 0.25) is 0 Å². The lowest BCUT2D eigenvalue weighted by atomic mass is 9.97. The zero-order valence-electron chi connectivity index (χ0n) is 11.3. The van der Waals surface area contributed by atoms with Gasteiger partial charge in [-0.25, -0.2) is 0 Å². The fourth-order valence-corrected chi connectivity index (χ4v) is 2.22. The fourth-order valence-electron chi connectivity index (χ4n) is 2.22. The molecule has 0 aliphatic carbocycles. The quantitative estimate of drug-likeness (QED) is 0.769. The van der Waals surface area contributed by atoms with Gasteiger partial charge in [-0.05, 0) is 41.7 Å². The number of benzene rings is 2. The number of phenols is 2. The second kappa shape index (κ2) is 7.34. The molecule has 0 saturated carbocycles. The van der Waals surface area contributed by atoms with Gasteiger partial charge >= 0.3 is 0 Å². The number of hydrogen-bond acceptors (Lipinski definition) is 2. The van der Waals surface area contributed by atoms with E-state index in [-0.39, 0.29) is 18.9 Å². The standard InChI is InChI=1S/C18H18O2.CH4/c1-3-6-13-8-5-9-16(18(13)20)14-10-11-17(19)15(12-14)7-4-2;/h3-5,8-12,19-20H,1-2,6-7H2;1H4. The van der Waals surface area contributed by atoms with Gasteiger partial charge in [0, 0.05) is 5.56 Å². The smallest absolute Gasteiger partial charge is 0.126 e. The van der Waals surface area contributed by atoms with Crippen LogP contribution in [0.15, 0.2) is 61.7 Å². The van der Waals surface area contributed by atoms with Crippen molar-refractivity contribution in [1.29, 1.82) is 0 Å². The van der Waals surface area contributed by atoms with E-state index in [1.807, 2.05) is 24.3 Å². The number of para-hydroxylation sites is 1. The molecular formula is C19H22O2. The first-order valence-corrected chi connectivity index (χ1v) is 6.52. The first kappa shape index (κ1) is 16.6. The van der Waals surface area contributed by atoms with Gasteiger partial charge in [-0.15, -0.1) is 13.2 Å². The summed E-state index contributed by atoms with van der Waals surface area (Å²) < 4.78 is 0. The largest absolute Gasteiger partial charge is 0.508 e. The van der Waals surface area contributed by atoms with E-state index in [1.165, 1.54) is 0 Å². The average Bonchev–Trinajstić information content (AvgIpc) is 2.44. The highest BCUT2D eigenvalue weighted by Crippen LogP contribution is 2.34. The molecule has 0 heterocycles. The summed E-state index contributed by atoms with van der Waals surface area (Å²) >= 11 is 0. The number of rotatable bonds is 5. The van der Waals surface area contributed by atoms with Crippen molar-refractivity contribution in [2.45, 2.75) is 20.3 Å². The van der Waals surface area contributed by atoms with Crippen molar-refractivity contribution in [3.8, 4) is 22.6 Å². The normalized spacial score (nSPS) is 9.71. The van der Waals surface area contributed by atoms with Crippen LogP contribution in [0.1, 0.15) is 18.6 Å². The number of hydrogen-bond donors (Lipinski definition) is 2. The molecule has 2 rings (SSSR count). The van der Waals surface area contributed by atoms with E-state index >= 15 is 0 Å². The van der Waals surface area contributed by atoms with Crippen molar-refractivity contribution >= 4 is 0 Å². The summed E-state index contributed by atoms with van der Waals surface area (Å²) in [6.45, 7) is 7.38. The lowest BCUT2D eigenvalue weighted by molar-refractivity contribution is 0.468. The van der Waals surface area contributed by atoms with Crippen LogP contribution in [-0.4, -0.2) is 10.2 Å². The summed E-state index contributed by atoms with van der Waals surface area (Å²) in [6.07, 6.45) is 4.72. The average molecular weight is 282 g/mol. The zero-order chi connectivity index (χ0) is 14.5. The molecule has 0 amide bonds. The second-order valence-electron chi connectivity index (χ2n) is 4.64. The minimum Gasteiger partial charge on any atom is -0.508 e. The molecule has 110 valence electrons. The molecule has 0 bridgehead atoms. The third-order valence-corrected chi connectivity index (χ3v) is 3.24. The molecule has 2 aromatic rings. The molecule has 0 radical (unpaired) electrons. The van der Waals surface area contributed by atoms with Crippen molar-refractivity contribution in [2.24, 2.45) is 0 Å². The molecule has 0 aromatic heterocycles. The SMILES string of the molecule is C.C=CCc1cc(-c2cccc(CC=C)c2O)ccc1O. The van der Waals surface area contributed by atoms with Crippen molar-refractivity contribution in [3.05, 3.63) is 72.8 Å². The molecule has 2 nitrogen and oxygen atoms in total. The van der Waals surface area contributed by atoms with Crippen molar-refractivity contribution in [3.63, 3.8) is 0 Å². The number of aromatic hydroxyl groups is 2. The number of allylic oxidation sites excluding steroid dienone is 2. The van der Waals surface area contributed by atoms with Crippen molar-refractivity contribution < 1.29 is 10.2 Å². The molecular weight excluding hydrogens is 260 g/mol. The zero-order valence-corrected chi connectivity index (χ0v) is 11.3. The minimum absolute atomic E-state index is 0. The fraction of sp³-hybridized carbons (Fsp3) is 0.158. The van der Waals surface area contributed by atoms with Gasteiger partial charge in [-0.1, -0.05) is 43.8 Å². The van der Waals surface area contributed by atoms with Crippen molar-refractivity contribution in [1.82, 2.24) is 0 Å². The Bertz CT molecular complexity index is 642. The van der Waals surface area contributed by atoms with Crippen LogP contribution in [0.25, 0.3) is 11.1 Å². The maximum Gasteiger partial charge on any atom is 0.126 e. The number of phenolic OH excluding ortho intramolecular Hbond substituents is 2. The summed E-state index contributed by atoms with van der Waals surface area (Å²) in [5, 5.41) is 20.1. The molecule has 0 aliphatic heterocycles. The molecule has 0 aliphatic rings. The van der Waals surface area contributed by atoms with Gasteiger partial charge in [0.25, 0.3) is 0 Å². The Morgan fingerprint density at radius 3 is 2.24 bits per heavy atom. The lowest BCUT2D eigenvalue weighted by Gasteiger charge is -2.11. The maximum absolute atomic E-state index is 10.3. The predicted octanol–water partition coefficient (Wildman–Crippen LogP) is 4.86. The first-order chi connectivity index (χ1) is 9.67. The van der Waals surface area contributed by atoms with E-state index in [2.05, 4.69) is 13.2 Å². The van der Waals surface area contributed by atoms with Gasteiger partial charge in [0.1, 0.15) is 11.5 Å². The Morgan fingerprint density at radius 2 is 1.57 bits per heavy atom.